The van der Waals surface area contributed by atoms with E-state index in [-0.39, 0.29) is 24.2 Å². The predicted octanol–water partition coefficient (Wildman–Crippen LogP) is 4.60. The summed E-state index contributed by atoms with van der Waals surface area (Å²) in [4.78, 5) is 11.8. The topological polar surface area (TPSA) is 56.8 Å². The highest BCUT2D eigenvalue weighted by Gasteiger charge is 2.25. The summed E-state index contributed by atoms with van der Waals surface area (Å²) in [7, 11) is 3.47. The first-order valence-electron chi connectivity index (χ1n) is 9.93. The summed E-state index contributed by atoms with van der Waals surface area (Å²) in [5, 5.41) is 2.83. The minimum absolute atomic E-state index is 0.0681. The van der Waals surface area contributed by atoms with Crippen LogP contribution < -0.4 is 5.32 Å². The van der Waals surface area contributed by atoms with Gasteiger partial charge in [-0.15, -0.1) is 0 Å². The Morgan fingerprint density at radius 3 is 2.43 bits per heavy atom. The van der Waals surface area contributed by atoms with Gasteiger partial charge in [-0.3, -0.25) is 0 Å². The number of benzene rings is 1. The van der Waals surface area contributed by atoms with E-state index in [1.807, 2.05) is 20.8 Å². The molecule has 0 spiro atoms. The molecule has 1 aromatic carbocycles. The number of rotatable bonds is 11. The minimum Gasteiger partial charge on any atom is -0.444 e. The van der Waals surface area contributed by atoms with E-state index in [9.17, 15) is 4.79 Å². The summed E-state index contributed by atoms with van der Waals surface area (Å²) >= 11 is 4.41. The van der Waals surface area contributed by atoms with Crippen LogP contribution in [0.4, 0.5) is 4.79 Å². The second-order valence-corrected chi connectivity index (χ2v) is 8.42. The summed E-state index contributed by atoms with van der Waals surface area (Å²) in [6.07, 6.45) is 2.33. The van der Waals surface area contributed by atoms with Crippen LogP contribution in [0.1, 0.15) is 57.6 Å². The maximum Gasteiger partial charge on any atom is 0.407 e. The Labute approximate surface area is 175 Å². The van der Waals surface area contributed by atoms with E-state index >= 15 is 0 Å². The summed E-state index contributed by atoms with van der Waals surface area (Å²) in [6, 6.07) is 8.44. The SMILES string of the molecule is COC(CS)CC(c1ccccc1CCCNC(=O)OC(C)(C)C)C(C)OC. The molecule has 0 fully saturated rings. The average molecular weight is 412 g/mol. The molecule has 5 nitrogen and oxygen atoms in total. The second-order valence-electron chi connectivity index (χ2n) is 8.05. The van der Waals surface area contributed by atoms with Crippen LogP contribution in [0.2, 0.25) is 0 Å². The number of carbonyl (C=O) groups is 1. The number of carbonyl (C=O) groups excluding carboxylic acids is 1. The third-order valence-electron chi connectivity index (χ3n) is 4.74. The molecule has 160 valence electrons. The number of ether oxygens (including phenoxy) is 3. The van der Waals surface area contributed by atoms with Crippen LogP contribution in [-0.4, -0.2) is 50.4 Å². The third-order valence-corrected chi connectivity index (χ3v) is 5.15. The smallest absolute Gasteiger partial charge is 0.407 e. The van der Waals surface area contributed by atoms with Gasteiger partial charge in [0.05, 0.1) is 12.2 Å². The first-order valence-corrected chi connectivity index (χ1v) is 10.6. The van der Waals surface area contributed by atoms with Gasteiger partial charge in [0.25, 0.3) is 0 Å². The van der Waals surface area contributed by atoms with E-state index < -0.39 is 5.60 Å². The fourth-order valence-electron chi connectivity index (χ4n) is 3.17. The molecule has 0 bridgehead atoms. The largest absolute Gasteiger partial charge is 0.444 e. The van der Waals surface area contributed by atoms with E-state index in [0.29, 0.717) is 12.3 Å². The number of amides is 1. The highest BCUT2D eigenvalue weighted by atomic mass is 32.1. The molecule has 0 heterocycles. The zero-order chi connectivity index (χ0) is 21.2. The molecule has 0 saturated heterocycles. The Hall–Kier alpha value is -1.24. The molecule has 3 atom stereocenters. The molecular weight excluding hydrogens is 374 g/mol. The standard InChI is InChI=1S/C22H37NO4S/c1-16(25-5)20(14-18(15-28)26-6)19-12-8-7-10-17(19)11-9-13-23-21(24)27-22(2,3)4/h7-8,10,12,16,18,20,28H,9,11,13-15H2,1-6H3,(H,23,24). The molecule has 0 aliphatic heterocycles. The van der Waals surface area contributed by atoms with Crippen molar-refractivity contribution in [3.8, 4) is 0 Å². The third kappa shape index (κ3) is 8.84. The van der Waals surface area contributed by atoms with Gasteiger partial charge in [-0.05, 0) is 58.1 Å². The number of aryl methyl sites for hydroxylation is 1. The van der Waals surface area contributed by atoms with Crippen LogP contribution in [0.25, 0.3) is 0 Å². The molecule has 0 aliphatic rings. The first-order chi connectivity index (χ1) is 13.2. The first kappa shape index (κ1) is 24.8. The van der Waals surface area contributed by atoms with Gasteiger partial charge in [-0.2, -0.15) is 12.6 Å². The molecule has 1 aromatic rings. The van der Waals surface area contributed by atoms with Crippen LogP contribution in [-0.2, 0) is 20.6 Å². The lowest BCUT2D eigenvalue weighted by molar-refractivity contribution is 0.0527. The van der Waals surface area contributed by atoms with E-state index in [1.54, 1.807) is 14.2 Å². The number of hydrogen-bond donors (Lipinski definition) is 2. The highest BCUT2D eigenvalue weighted by Crippen LogP contribution is 2.31. The molecule has 0 aliphatic carbocycles. The van der Waals surface area contributed by atoms with Gasteiger partial charge in [0, 0.05) is 32.4 Å². The van der Waals surface area contributed by atoms with Gasteiger partial charge in [-0.1, -0.05) is 24.3 Å². The Morgan fingerprint density at radius 1 is 1.18 bits per heavy atom. The lowest BCUT2D eigenvalue weighted by Gasteiger charge is -2.28. The molecule has 1 amide bonds. The fourth-order valence-corrected chi connectivity index (χ4v) is 3.47. The van der Waals surface area contributed by atoms with Gasteiger partial charge >= 0.3 is 6.09 Å². The Balaban J connectivity index is 2.77. The van der Waals surface area contributed by atoms with Gasteiger partial charge < -0.3 is 19.5 Å². The summed E-state index contributed by atoms with van der Waals surface area (Å²) < 4.78 is 16.5. The number of alkyl carbamates (subject to hydrolysis) is 1. The summed E-state index contributed by atoms with van der Waals surface area (Å²) in [5.74, 6) is 0.892. The number of methoxy groups -OCH3 is 2. The van der Waals surface area contributed by atoms with E-state index in [1.165, 1.54) is 11.1 Å². The van der Waals surface area contributed by atoms with Crippen molar-refractivity contribution in [2.75, 3.05) is 26.5 Å². The maximum absolute atomic E-state index is 11.8. The Morgan fingerprint density at radius 2 is 1.86 bits per heavy atom. The molecule has 3 unspecified atom stereocenters. The molecule has 1 N–H and O–H groups in total. The molecular formula is C22H37NO4S. The number of nitrogens with one attached hydrogen (secondary N) is 1. The van der Waals surface area contributed by atoms with Crippen molar-refractivity contribution >= 4 is 18.7 Å². The second kappa shape index (κ2) is 12.3. The molecule has 0 radical (unpaired) electrons. The quantitative estimate of drug-likeness (QED) is 0.413. The minimum atomic E-state index is -0.481. The van der Waals surface area contributed by atoms with Gasteiger partial charge in [0.15, 0.2) is 0 Å². The summed E-state index contributed by atoms with van der Waals surface area (Å²) in [6.45, 7) is 8.25. The van der Waals surface area contributed by atoms with Crippen LogP contribution in [0.5, 0.6) is 0 Å². The predicted molar refractivity (Wildman–Crippen MR) is 117 cm³/mol. The van der Waals surface area contributed by atoms with E-state index in [0.717, 1.165) is 19.3 Å². The number of thiol groups is 1. The zero-order valence-electron chi connectivity index (χ0n) is 18.2. The van der Waals surface area contributed by atoms with Crippen molar-refractivity contribution in [3.63, 3.8) is 0 Å². The molecule has 0 saturated carbocycles. The molecule has 6 heteroatoms. The molecule has 0 aromatic heterocycles. The van der Waals surface area contributed by atoms with Crippen molar-refractivity contribution in [1.29, 1.82) is 0 Å². The average Bonchev–Trinajstić information content (AvgIpc) is 2.65. The lowest BCUT2D eigenvalue weighted by Crippen LogP contribution is -2.33. The van der Waals surface area contributed by atoms with Crippen molar-refractivity contribution in [1.82, 2.24) is 5.32 Å². The maximum atomic E-state index is 11.8. The highest BCUT2D eigenvalue weighted by molar-refractivity contribution is 7.80. The van der Waals surface area contributed by atoms with Crippen molar-refractivity contribution in [2.45, 2.75) is 70.7 Å². The van der Waals surface area contributed by atoms with Crippen LogP contribution in [0.3, 0.4) is 0 Å². The lowest BCUT2D eigenvalue weighted by atomic mass is 9.85. The van der Waals surface area contributed by atoms with Gasteiger partial charge in [-0.25, -0.2) is 4.79 Å². The van der Waals surface area contributed by atoms with Crippen molar-refractivity contribution in [2.24, 2.45) is 0 Å². The Bertz CT molecular complexity index is 584. The van der Waals surface area contributed by atoms with Crippen LogP contribution in [0.15, 0.2) is 24.3 Å². The number of hydrogen-bond acceptors (Lipinski definition) is 5. The Kier molecular flexibility index (Phi) is 10.9. The normalized spacial score (nSPS) is 15.0. The van der Waals surface area contributed by atoms with Gasteiger partial charge in [0.1, 0.15) is 5.60 Å². The van der Waals surface area contributed by atoms with E-state index in [4.69, 9.17) is 14.2 Å². The van der Waals surface area contributed by atoms with Crippen LogP contribution >= 0.6 is 12.6 Å². The summed E-state index contributed by atoms with van der Waals surface area (Å²) in [5.41, 5.74) is 2.07. The van der Waals surface area contributed by atoms with Crippen molar-refractivity contribution < 1.29 is 19.0 Å². The van der Waals surface area contributed by atoms with Gasteiger partial charge in [0.2, 0.25) is 0 Å². The van der Waals surface area contributed by atoms with E-state index in [2.05, 4.69) is 49.1 Å². The van der Waals surface area contributed by atoms with Crippen molar-refractivity contribution in [3.05, 3.63) is 35.4 Å². The zero-order valence-corrected chi connectivity index (χ0v) is 19.1. The monoisotopic (exact) mass is 411 g/mol. The molecule has 1 rings (SSSR count). The van der Waals surface area contributed by atoms with Crippen LogP contribution in [0, 0.1) is 0 Å². The molecule has 28 heavy (non-hydrogen) atoms. The fraction of sp³-hybridized carbons (Fsp3) is 0.682.